The molecule has 0 saturated carbocycles. The molecule has 114 valence electrons. The molecule has 22 heavy (non-hydrogen) atoms. The van der Waals surface area contributed by atoms with Crippen LogP contribution in [0.3, 0.4) is 0 Å². The highest BCUT2D eigenvalue weighted by molar-refractivity contribution is 5.91. The highest BCUT2D eigenvalue weighted by atomic mass is 16.3. The van der Waals surface area contributed by atoms with E-state index in [0.717, 1.165) is 5.56 Å². The molecule has 4 N–H and O–H groups in total. The molecule has 0 spiro atoms. The molecule has 2 aromatic carbocycles. The van der Waals surface area contributed by atoms with E-state index in [1.807, 2.05) is 0 Å². The second kappa shape index (κ2) is 7.28. The summed E-state index contributed by atoms with van der Waals surface area (Å²) in [4.78, 5) is 11.7. The third-order valence-corrected chi connectivity index (χ3v) is 3.07. The number of aliphatic hydroxyl groups is 1. The topological polar surface area (TPSA) is 89.8 Å². The number of rotatable bonds is 5. The second-order valence-electron chi connectivity index (χ2n) is 4.78. The van der Waals surface area contributed by atoms with Gasteiger partial charge in [-0.25, -0.2) is 0 Å². The normalized spacial score (nSPS) is 12.2. The van der Waals surface area contributed by atoms with E-state index in [-0.39, 0.29) is 24.0 Å². The number of phenols is 2. The molecule has 1 amide bonds. The van der Waals surface area contributed by atoms with E-state index in [1.165, 1.54) is 30.3 Å². The standard InChI is InChI=1S/C17H17NO4/c19-14-6-1-12(2-7-14)3-10-17(22)18-11-16(21)13-4-8-15(20)9-5-13/h1-10,16,19-21H,11H2,(H,18,22)/b10-3-. The molecule has 5 heteroatoms. The van der Waals surface area contributed by atoms with Crippen LogP contribution < -0.4 is 5.32 Å². The van der Waals surface area contributed by atoms with E-state index < -0.39 is 6.10 Å². The van der Waals surface area contributed by atoms with Crippen LogP contribution in [0.15, 0.2) is 54.6 Å². The van der Waals surface area contributed by atoms with Crippen LogP contribution in [-0.4, -0.2) is 27.8 Å². The zero-order valence-corrected chi connectivity index (χ0v) is 11.8. The number of hydrogen-bond donors (Lipinski definition) is 4. The van der Waals surface area contributed by atoms with E-state index in [0.29, 0.717) is 5.56 Å². The van der Waals surface area contributed by atoms with Crippen molar-refractivity contribution in [3.05, 3.63) is 65.7 Å². The lowest BCUT2D eigenvalue weighted by atomic mass is 10.1. The van der Waals surface area contributed by atoms with Gasteiger partial charge in [0.1, 0.15) is 11.5 Å². The van der Waals surface area contributed by atoms with Crippen molar-refractivity contribution in [3.63, 3.8) is 0 Å². The van der Waals surface area contributed by atoms with Crippen LogP contribution in [0.5, 0.6) is 11.5 Å². The van der Waals surface area contributed by atoms with Gasteiger partial charge in [-0.3, -0.25) is 4.79 Å². The molecule has 0 aromatic heterocycles. The summed E-state index contributed by atoms with van der Waals surface area (Å²) in [5.41, 5.74) is 1.40. The molecular weight excluding hydrogens is 282 g/mol. The molecule has 0 aliphatic rings. The quantitative estimate of drug-likeness (QED) is 0.635. The smallest absolute Gasteiger partial charge is 0.244 e. The highest BCUT2D eigenvalue weighted by Gasteiger charge is 2.08. The maximum absolute atomic E-state index is 11.7. The first-order valence-corrected chi connectivity index (χ1v) is 6.76. The monoisotopic (exact) mass is 299 g/mol. The van der Waals surface area contributed by atoms with Crippen molar-refractivity contribution in [1.82, 2.24) is 5.32 Å². The highest BCUT2D eigenvalue weighted by Crippen LogP contribution is 2.16. The third-order valence-electron chi connectivity index (χ3n) is 3.07. The maximum Gasteiger partial charge on any atom is 0.244 e. The van der Waals surface area contributed by atoms with Crippen LogP contribution in [-0.2, 0) is 4.79 Å². The molecule has 0 radical (unpaired) electrons. The van der Waals surface area contributed by atoms with Gasteiger partial charge in [0.25, 0.3) is 0 Å². The van der Waals surface area contributed by atoms with Gasteiger partial charge in [-0.1, -0.05) is 24.3 Å². The summed E-state index contributed by atoms with van der Waals surface area (Å²) >= 11 is 0. The molecule has 0 aliphatic carbocycles. The third kappa shape index (κ3) is 4.64. The lowest BCUT2D eigenvalue weighted by Gasteiger charge is -2.11. The molecule has 0 aliphatic heterocycles. The second-order valence-corrected chi connectivity index (χ2v) is 4.78. The molecule has 0 fully saturated rings. The van der Waals surface area contributed by atoms with Gasteiger partial charge in [0.15, 0.2) is 0 Å². The van der Waals surface area contributed by atoms with Crippen molar-refractivity contribution < 1.29 is 20.1 Å². The van der Waals surface area contributed by atoms with E-state index in [2.05, 4.69) is 5.32 Å². The Morgan fingerprint density at radius 2 is 1.55 bits per heavy atom. The van der Waals surface area contributed by atoms with Crippen molar-refractivity contribution in [2.24, 2.45) is 0 Å². The molecule has 5 nitrogen and oxygen atoms in total. The molecule has 0 heterocycles. The summed E-state index contributed by atoms with van der Waals surface area (Å²) in [6.45, 7) is 0.0729. The van der Waals surface area contributed by atoms with Crippen LogP contribution >= 0.6 is 0 Å². The lowest BCUT2D eigenvalue weighted by molar-refractivity contribution is -0.116. The average Bonchev–Trinajstić information content (AvgIpc) is 2.52. The predicted octanol–water partition coefficient (Wildman–Crippen LogP) is 1.96. The number of hydrogen-bond acceptors (Lipinski definition) is 4. The van der Waals surface area contributed by atoms with Gasteiger partial charge in [0.2, 0.25) is 5.91 Å². The summed E-state index contributed by atoms with van der Waals surface area (Å²) in [7, 11) is 0. The Labute approximate surface area is 128 Å². The van der Waals surface area contributed by atoms with Gasteiger partial charge in [0.05, 0.1) is 6.10 Å². The fraction of sp³-hybridized carbons (Fsp3) is 0.118. The van der Waals surface area contributed by atoms with E-state index in [4.69, 9.17) is 5.11 Å². The summed E-state index contributed by atoms with van der Waals surface area (Å²) < 4.78 is 0. The zero-order valence-electron chi connectivity index (χ0n) is 11.8. The van der Waals surface area contributed by atoms with E-state index >= 15 is 0 Å². The number of phenolic OH excluding ortho intramolecular Hbond substituents is 2. The van der Waals surface area contributed by atoms with Crippen molar-refractivity contribution >= 4 is 12.0 Å². The van der Waals surface area contributed by atoms with Gasteiger partial charge in [-0.05, 0) is 41.5 Å². The largest absolute Gasteiger partial charge is 0.508 e. The summed E-state index contributed by atoms with van der Waals surface area (Å²) in [6, 6.07) is 12.6. The van der Waals surface area contributed by atoms with Gasteiger partial charge < -0.3 is 20.6 Å². The fourth-order valence-electron chi connectivity index (χ4n) is 1.83. The number of nitrogens with one attached hydrogen (secondary N) is 1. The Balaban J connectivity index is 1.84. The van der Waals surface area contributed by atoms with E-state index in [9.17, 15) is 15.0 Å². The molecule has 0 bridgehead atoms. The SMILES string of the molecule is O=C(/C=C\c1ccc(O)cc1)NCC(O)c1ccc(O)cc1. The number of carbonyl (C=O) groups is 1. The van der Waals surface area contributed by atoms with Crippen LogP contribution in [0.1, 0.15) is 17.2 Å². The number of benzene rings is 2. The zero-order chi connectivity index (χ0) is 15.9. The summed E-state index contributed by atoms with van der Waals surface area (Å²) in [6.07, 6.45) is 2.13. The number of aliphatic hydroxyl groups excluding tert-OH is 1. The summed E-state index contributed by atoms with van der Waals surface area (Å²) in [5.74, 6) is -0.0404. The van der Waals surface area contributed by atoms with Gasteiger partial charge >= 0.3 is 0 Å². The first kappa shape index (κ1) is 15.6. The Morgan fingerprint density at radius 1 is 1.00 bits per heavy atom. The van der Waals surface area contributed by atoms with Crippen molar-refractivity contribution in [1.29, 1.82) is 0 Å². The lowest BCUT2D eigenvalue weighted by Crippen LogP contribution is -2.26. The van der Waals surface area contributed by atoms with Crippen LogP contribution in [0, 0.1) is 0 Å². The first-order chi connectivity index (χ1) is 10.5. The average molecular weight is 299 g/mol. The molecule has 0 saturated heterocycles. The predicted molar refractivity (Wildman–Crippen MR) is 83.2 cm³/mol. The Hall–Kier alpha value is -2.79. The van der Waals surface area contributed by atoms with E-state index in [1.54, 1.807) is 30.3 Å². The minimum absolute atomic E-state index is 0.0729. The van der Waals surface area contributed by atoms with Crippen molar-refractivity contribution in [3.8, 4) is 11.5 Å². The van der Waals surface area contributed by atoms with Gasteiger partial charge in [0, 0.05) is 12.6 Å². The van der Waals surface area contributed by atoms with Crippen LogP contribution in [0.2, 0.25) is 0 Å². The number of aromatic hydroxyl groups is 2. The molecule has 2 aromatic rings. The molecular formula is C17H17NO4. The minimum atomic E-state index is -0.841. The van der Waals surface area contributed by atoms with Gasteiger partial charge in [-0.2, -0.15) is 0 Å². The van der Waals surface area contributed by atoms with Crippen molar-refractivity contribution in [2.75, 3.05) is 6.54 Å². The minimum Gasteiger partial charge on any atom is -0.508 e. The fourth-order valence-corrected chi connectivity index (χ4v) is 1.83. The first-order valence-electron chi connectivity index (χ1n) is 6.76. The van der Waals surface area contributed by atoms with Crippen LogP contribution in [0.4, 0.5) is 0 Å². The van der Waals surface area contributed by atoms with Crippen LogP contribution in [0.25, 0.3) is 6.08 Å². The number of amides is 1. The maximum atomic E-state index is 11.7. The Kier molecular flexibility index (Phi) is 5.16. The summed E-state index contributed by atoms with van der Waals surface area (Å²) in [5, 5.41) is 30.9. The molecule has 1 unspecified atom stereocenters. The molecule has 1 atom stereocenters. The Bertz CT molecular complexity index is 647. The van der Waals surface area contributed by atoms with Crippen molar-refractivity contribution in [2.45, 2.75) is 6.10 Å². The Morgan fingerprint density at radius 3 is 2.14 bits per heavy atom. The van der Waals surface area contributed by atoms with Gasteiger partial charge in [-0.15, -0.1) is 0 Å². The number of carbonyl (C=O) groups excluding carboxylic acids is 1. The molecule has 2 rings (SSSR count).